The first kappa shape index (κ1) is 22.3. The van der Waals surface area contributed by atoms with Gasteiger partial charge in [-0.3, -0.25) is 4.79 Å². The predicted molar refractivity (Wildman–Crippen MR) is 120 cm³/mol. The van der Waals surface area contributed by atoms with Gasteiger partial charge in [0, 0.05) is 38.3 Å². The third-order valence-electron chi connectivity index (χ3n) is 6.10. The van der Waals surface area contributed by atoms with E-state index in [-0.39, 0.29) is 5.91 Å². The summed E-state index contributed by atoms with van der Waals surface area (Å²) >= 11 is 1.39. The standard InChI is InChI=1S/C21H29N5O3S2/c1-16-7-3-4-14-26(16)19(27)15-30-21-23-22-20(24(21)2)17-8-10-18(11-9-17)31(28,29)25-12-5-6-13-25/h8-11,16H,3-7,12-15H2,1-2H3. The fourth-order valence-electron chi connectivity index (χ4n) is 4.22. The number of benzene rings is 1. The quantitative estimate of drug-likeness (QED) is 0.612. The van der Waals surface area contributed by atoms with Gasteiger partial charge < -0.3 is 9.47 Å². The number of sulfonamides is 1. The average molecular weight is 464 g/mol. The Balaban J connectivity index is 1.43. The zero-order chi connectivity index (χ0) is 22.0. The molecule has 2 aliphatic heterocycles. The molecule has 2 fully saturated rings. The first-order valence-corrected chi connectivity index (χ1v) is 13.2. The van der Waals surface area contributed by atoms with Crippen LogP contribution >= 0.6 is 11.8 Å². The molecule has 1 unspecified atom stereocenters. The Morgan fingerprint density at radius 1 is 1.06 bits per heavy atom. The van der Waals surface area contributed by atoms with Crippen molar-refractivity contribution in [3.05, 3.63) is 24.3 Å². The second kappa shape index (κ2) is 9.30. The third kappa shape index (κ3) is 4.65. The smallest absolute Gasteiger partial charge is 0.243 e. The van der Waals surface area contributed by atoms with E-state index in [4.69, 9.17) is 0 Å². The van der Waals surface area contributed by atoms with E-state index in [1.165, 1.54) is 18.2 Å². The number of piperidine rings is 1. The monoisotopic (exact) mass is 463 g/mol. The number of likely N-dealkylation sites (tertiary alicyclic amines) is 1. The number of thioether (sulfide) groups is 1. The van der Waals surface area contributed by atoms with Gasteiger partial charge in [0.25, 0.3) is 0 Å². The van der Waals surface area contributed by atoms with Crippen LogP contribution in [0.5, 0.6) is 0 Å². The molecule has 4 rings (SSSR count). The number of aromatic nitrogens is 3. The Labute approximate surface area is 188 Å². The Morgan fingerprint density at radius 3 is 2.42 bits per heavy atom. The van der Waals surface area contributed by atoms with E-state index in [2.05, 4.69) is 17.1 Å². The zero-order valence-corrected chi connectivity index (χ0v) is 19.7. The SMILES string of the molecule is CC1CCCCN1C(=O)CSc1nnc(-c2ccc(S(=O)(=O)N3CCCC3)cc2)n1C. The molecule has 0 saturated carbocycles. The number of carbonyl (C=O) groups excluding carboxylic acids is 1. The van der Waals surface area contributed by atoms with E-state index >= 15 is 0 Å². The number of hydrogen-bond donors (Lipinski definition) is 0. The van der Waals surface area contributed by atoms with Gasteiger partial charge in [-0.1, -0.05) is 11.8 Å². The van der Waals surface area contributed by atoms with Crippen LogP contribution in [0.4, 0.5) is 0 Å². The average Bonchev–Trinajstić information content (AvgIpc) is 3.43. The van der Waals surface area contributed by atoms with E-state index in [0.717, 1.165) is 37.8 Å². The van der Waals surface area contributed by atoms with E-state index in [9.17, 15) is 13.2 Å². The second-order valence-electron chi connectivity index (χ2n) is 8.22. The molecule has 8 nitrogen and oxygen atoms in total. The highest BCUT2D eigenvalue weighted by molar-refractivity contribution is 7.99. The molecule has 3 heterocycles. The van der Waals surface area contributed by atoms with E-state index in [1.807, 2.05) is 16.5 Å². The molecule has 2 aliphatic rings. The largest absolute Gasteiger partial charge is 0.339 e. The Bertz CT molecular complexity index is 1030. The minimum Gasteiger partial charge on any atom is -0.339 e. The molecule has 2 aromatic rings. The van der Waals surface area contributed by atoms with Crippen LogP contribution in [0.1, 0.15) is 39.0 Å². The van der Waals surface area contributed by atoms with Crippen LogP contribution in [0.2, 0.25) is 0 Å². The van der Waals surface area contributed by atoms with Crippen molar-refractivity contribution in [1.29, 1.82) is 0 Å². The van der Waals surface area contributed by atoms with Crippen LogP contribution in [0.3, 0.4) is 0 Å². The fraction of sp³-hybridized carbons (Fsp3) is 0.571. The number of carbonyl (C=O) groups is 1. The topological polar surface area (TPSA) is 88.4 Å². The van der Waals surface area contributed by atoms with Gasteiger partial charge in [-0.05, 0) is 63.3 Å². The van der Waals surface area contributed by atoms with Crippen molar-refractivity contribution < 1.29 is 13.2 Å². The zero-order valence-electron chi connectivity index (χ0n) is 18.0. The molecule has 1 amide bonds. The molecule has 1 atom stereocenters. The molecule has 168 valence electrons. The van der Waals surface area contributed by atoms with Gasteiger partial charge in [0.15, 0.2) is 11.0 Å². The van der Waals surface area contributed by atoms with Crippen LogP contribution in [-0.4, -0.2) is 69.7 Å². The maximum Gasteiger partial charge on any atom is 0.243 e. The summed E-state index contributed by atoms with van der Waals surface area (Å²) < 4.78 is 28.8. The van der Waals surface area contributed by atoms with Crippen LogP contribution in [0, 0.1) is 0 Å². The minimum atomic E-state index is -3.43. The van der Waals surface area contributed by atoms with Crippen LogP contribution in [-0.2, 0) is 21.9 Å². The van der Waals surface area contributed by atoms with Crippen molar-refractivity contribution in [2.45, 2.75) is 55.1 Å². The second-order valence-corrected chi connectivity index (χ2v) is 11.1. The summed E-state index contributed by atoms with van der Waals surface area (Å²) in [5.74, 6) is 1.12. The first-order valence-electron chi connectivity index (χ1n) is 10.8. The summed E-state index contributed by atoms with van der Waals surface area (Å²) in [6.07, 6.45) is 5.14. The number of amides is 1. The molecule has 0 radical (unpaired) electrons. The van der Waals surface area contributed by atoms with Gasteiger partial charge >= 0.3 is 0 Å². The Morgan fingerprint density at radius 2 is 1.74 bits per heavy atom. The highest BCUT2D eigenvalue weighted by Gasteiger charge is 2.27. The van der Waals surface area contributed by atoms with Gasteiger partial charge in [0.1, 0.15) is 0 Å². The first-order chi connectivity index (χ1) is 14.9. The van der Waals surface area contributed by atoms with Gasteiger partial charge in [-0.2, -0.15) is 4.31 Å². The molecule has 0 N–H and O–H groups in total. The summed E-state index contributed by atoms with van der Waals surface area (Å²) in [6.45, 7) is 4.11. The predicted octanol–water partition coefficient (Wildman–Crippen LogP) is 2.76. The number of hydrogen-bond acceptors (Lipinski definition) is 6. The van der Waals surface area contributed by atoms with Gasteiger partial charge in [0.05, 0.1) is 10.6 Å². The van der Waals surface area contributed by atoms with Crippen molar-refractivity contribution in [2.24, 2.45) is 7.05 Å². The van der Waals surface area contributed by atoms with Gasteiger partial charge in [0.2, 0.25) is 15.9 Å². The summed E-state index contributed by atoms with van der Waals surface area (Å²) in [7, 11) is -1.57. The molecule has 1 aromatic carbocycles. The molecule has 31 heavy (non-hydrogen) atoms. The minimum absolute atomic E-state index is 0.137. The van der Waals surface area contributed by atoms with E-state index in [0.29, 0.717) is 40.8 Å². The Kier molecular flexibility index (Phi) is 6.68. The molecular weight excluding hydrogens is 434 g/mol. The summed E-state index contributed by atoms with van der Waals surface area (Å²) in [4.78, 5) is 14.9. The molecule has 0 bridgehead atoms. The summed E-state index contributed by atoms with van der Waals surface area (Å²) in [5.41, 5.74) is 0.790. The van der Waals surface area contributed by atoms with Crippen molar-refractivity contribution >= 4 is 27.7 Å². The lowest BCUT2D eigenvalue weighted by molar-refractivity contribution is -0.131. The fourth-order valence-corrected chi connectivity index (χ4v) is 6.54. The highest BCUT2D eigenvalue weighted by Crippen LogP contribution is 2.27. The van der Waals surface area contributed by atoms with E-state index < -0.39 is 10.0 Å². The van der Waals surface area contributed by atoms with Crippen molar-refractivity contribution in [3.63, 3.8) is 0 Å². The Hall–Kier alpha value is -1.91. The lowest BCUT2D eigenvalue weighted by Gasteiger charge is -2.33. The van der Waals surface area contributed by atoms with Crippen LogP contribution in [0.15, 0.2) is 34.3 Å². The molecule has 1 aromatic heterocycles. The number of nitrogens with zero attached hydrogens (tertiary/aromatic N) is 5. The molecular formula is C21H29N5O3S2. The van der Waals surface area contributed by atoms with Crippen molar-refractivity contribution in [2.75, 3.05) is 25.4 Å². The summed E-state index contributed by atoms with van der Waals surface area (Å²) in [6, 6.07) is 7.09. The van der Waals surface area contributed by atoms with Crippen molar-refractivity contribution in [3.8, 4) is 11.4 Å². The summed E-state index contributed by atoms with van der Waals surface area (Å²) in [5, 5.41) is 9.18. The lowest BCUT2D eigenvalue weighted by Crippen LogP contribution is -2.42. The number of rotatable bonds is 6. The van der Waals surface area contributed by atoms with Crippen LogP contribution in [0.25, 0.3) is 11.4 Å². The van der Waals surface area contributed by atoms with Crippen LogP contribution < -0.4 is 0 Å². The van der Waals surface area contributed by atoms with Gasteiger partial charge in [-0.15, -0.1) is 10.2 Å². The molecule has 0 spiro atoms. The highest BCUT2D eigenvalue weighted by atomic mass is 32.2. The molecule has 10 heteroatoms. The normalized spacial score (nSPS) is 20.3. The maximum absolute atomic E-state index is 12.7. The third-order valence-corrected chi connectivity index (χ3v) is 9.02. The lowest BCUT2D eigenvalue weighted by atomic mass is 10.0. The maximum atomic E-state index is 12.7. The molecule has 2 saturated heterocycles. The van der Waals surface area contributed by atoms with E-state index in [1.54, 1.807) is 28.6 Å². The molecule has 0 aliphatic carbocycles. The van der Waals surface area contributed by atoms with Gasteiger partial charge in [-0.25, -0.2) is 8.42 Å². The van der Waals surface area contributed by atoms with Crippen molar-refractivity contribution in [1.82, 2.24) is 24.0 Å².